The Labute approximate surface area is 101 Å². The lowest BCUT2D eigenvalue weighted by Gasteiger charge is -2.32. The molecule has 1 saturated heterocycles. The van der Waals surface area contributed by atoms with Crippen molar-refractivity contribution in [1.82, 2.24) is 10.2 Å². The lowest BCUT2D eigenvalue weighted by atomic mass is 9.95. The molecule has 0 aromatic rings. The molecule has 1 aliphatic rings. The Morgan fingerprint density at radius 3 is 2.12 bits per heavy atom. The molecule has 1 fully saturated rings. The van der Waals surface area contributed by atoms with Crippen LogP contribution in [0.1, 0.15) is 26.7 Å². The number of likely N-dealkylation sites (tertiary alicyclic amines) is 1. The highest BCUT2D eigenvalue weighted by molar-refractivity contribution is 5.95. The van der Waals surface area contributed by atoms with Crippen molar-refractivity contribution >= 4 is 17.8 Å². The fraction of sp³-hybridized carbons (Fsp3) is 0.636. The highest BCUT2D eigenvalue weighted by atomic mass is 16.2. The molecule has 3 N–H and O–H groups in total. The third-order valence-corrected chi connectivity index (χ3v) is 2.83. The largest absolute Gasteiger partial charge is 0.351 e. The van der Waals surface area contributed by atoms with Gasteiger partial charge in [-0.2, -0.15) is 0 Å². The summed E-state index contributed by atoms with van der Waals surface area (Å²) in [5.74, 6) is 0.189. The van der Waals surface area contributed by atoms with Gasteiger partial charge in [-0.15, -0.1) is 0 Å². The Bertz CT molecular complexity index is 320. The van der Waals surface area contributed by atoms with Gasteiger partial charge in [0.25, 0.3) is 0 Å². The van der Waals surface area contributed by atoms with E-state index in [1.54, 1.807) is 18.7 Å². The zero-order chi connectivity index (χ0) is 13.0. The maximum Gasteiger partial charge on any atom is 0.318 e. The van der Waals surface area contributed by atoms with Crippen molar-refractivity contribution in [3.05, 3.63) is 5.92 Å². The summed E-state index contributed by atoms with van der Waals surface area (Å²) in [5, 5.41) is 2.07. The Balaban J connectivity index is 2.43. The third kappa shape index (κ3) is 3.72. The number of nitrogens with one attached hydrogen (secondary N) is 1. The van der Waals surface area contributed by atoms with Gasteiger partial charge >= 0.3 is 6.03 Å². The van der Waals surface area contributed by atoms with E-state index in [9.17, 15) is 14.4 Å². The number of carbonyl (C=O) groups excluding carboxylic acids is 3. The van der Waals surface area contributed by atoms with Crippen molar-refractivity contribution in [2.24, 2.45) is 11.7 Å². The molecule has 1 rings (SSSR count). The van der Waals surface area contributed by atoms with E-state index < -0.39 is 6.03 Å². The molecule has 17 heavy (non-hydrogen) atoms. The van der Waals surface area contributed by atoms with Crippen LogP contribution in [0.5, 0.6) is 0 Å². The van der Waals surface area contributed by atoms with E-state index in [0.717, 1.165) is 5.92 Å². The molecular formula is C11H18N3O3. The van der Waals surface area contributed by atoms with Gasteiger partial charge in [0, 0.05) is 19.0 Å². The third-order valence-electron chi connectivity index (χ3n) is 2.83. The van der Waals surface area contributed by atoms with Gasteiger partial charge in [-0.05, 0) is 26.7 Å². The maximum absolute atomic E-state index is 11.7. The van der Waals surface area contributed by atoms with Crippen LogP contribution in [-0.4, -0.2) is 35.8 Å². The molecule has 4 amide bonds. The molecule has 1 radical (unpaired) electrons. The Hall–Kier alpha value is -1.59. The molecule has 0 spiro atoms. The smallest absolute Gasteiger partial charge is 0.318 e. The molecule has 0 aromatic heterocycles. The molecule has 0 unspecified atom stereocenters. The standard InChI is InChI=1S/C11H18N3O3/c1-7(2)10(16)14-5-3-8(4-6-14)9(15)13-11(12)17/h8H,3-6H2,1-2H3,(H3,12,13,15,17). The average Bonchev–Trinajstić information content (AvgIpc) is 2.27. The van der Waals surface area contributed by atoms with Gasteiger partial charge in [-0.1, -0.05) is 0 Å². The second-order valence-corrected chi connectivity index (χ2v) is 4.42. The Morgan fingerprint density at radius 2 is 1.71 bits per heavy atom. The predicted molar refractivity (Wildman–Crippen MR) is 61.6 cm³/mol. The number of imide groups is 1. The SMILES string of the molecule is C[C](C)C(=O)N1CCC(C(=O)NC(N)=O)CC1. The first-order valence-corrected chi connectivity index (χ1v) is 5.61. The molecule has 1 aliphatic heterocycles. The average molecular weight is 240 g/mol. The van der Waals surface area contributed by atoms with Crippen molar-refractivity contribution in [2.75, 3.05) is 13.1 Å². The van der Waals surface area contributed by atoms with E-state index in [4.69, 9.17) is 5.73 Å². The number of primary amides is 1. The first kappa shape index (κ1) is 13.5. The van der Waals surface area contributed by atoms with Gasteiger partial charge in [0.2, 0.25) is 11.8 Å². The second kappa shape index (κ2) is 5.65. The van der Waals surface area contributed by atoms with Crippen LogP contribution in [0.15, 0.2) is 0 Å². The summed E-state index contributed by atoms with van der Waals surface area (Å²) < 4.78 is 0. The van der Waals surface area contributed by atoms with Crippen LogP contribution in [0, 0.1) is 11.8 Å². The number of carbonyl (C=O) groups is 3. The van der Waals surface area contributed by atoms with Gasteiger partial charge in [-0.3, -0.25) is 14.9 Å². The second-order valence-electron chi connectivity index (χ2n) is 4.42. The van der Waals surface area contributed by atoms with Gasteiger partial charge in [0.15, 0.2) is 0 Å². The lowest BCUT2D eigenvalue weighted by Crippen LogP contribution is -2.46. The van der Waals surface area contributed by atoms with Gasteiger partial charge in [0.05, 0.1) is 5.92 Å². The summed E-state index contributed by atoms with van der Waals surface area (Å²) in [6.07, 6.45) is 1.14. The van der Waals surface area contributed by atoms with Crippen LogP contribution in [0.4, 0.5) is 4.79 Å². The number of rotatable bonds is 2. The molecule has 0 aromatic carbocycles. The van der Waals surface area contributed by atoms with Gasteiger partial charge in [0.1, 0.15) is 0 Å². The maximum atomic E-state index is 11.7. The molecular weight excluding hydrogens is 222 g/mol. The molecule has 0 bridgehead atoms. The summed E-state index contributed by atoms with van der Waals surface area (Å²) in [4.78, 5) is 35.4. The van der Waals surface area contributed by atoms with E-state index in [1.807, 2.05) is 0 Å². The predicted octanol–water partition coefficient (Wildman–Crippen LogP) is 0.0342. The normalized spacial score (nSPS) is 17.0. The van der Waals surface area contributed by atoms with E-state index in [1.165, 1.54) is 0 Å². The number of hydrogen-bond donors (Lipinski definition) is 2. The molecule has 0 saturated carbocycles. The number of urea groups is 1. The molecule has 0 atom stereocenters. The minimum Gasteiger partial charge on any atom is -0.351 e. The number of nitrogens with zero attached hydrogens (tertiary/aromatic N) is 1. The summed E-state index contributed by atoms with van der Waals surface area (Å²) in [5.41, 5.74) is 4.88. The van der Waals surface area contributed by atoms with Crippen LogP contribution in [-0.2, 0) is 9.59 Å². The number of amides is 4. The molecule has 95 valence electrons. The van der Waals surface area contributed by atoms with Crippen molar-refractivity contribution in [3.63, 3.8) is 0 Å². The van der Waals surface area contributed by atoms with Gasteiger partial charge in [-0.25, -0.2) is 4.79 Å². The summed E-state index contributed by atoms with van der Waals surface area (Å²) in [6, 6.07) is -0.828. The Morgan fingerprint density at radius 1 is 1.18 bits per heavy atom. The van der Waals surface area contributed by atoms with Crippen LogP contribution in [0.2, 0.25) is 0 Å². The zero-order valence-corrected chi connectivity index (χ0v) is 10.2. The van der Waals surface area contributed by atoms with Crippen LogP contribution < -0.4 is 11.1 Å². The molecule has 0 aliphatic carbocycles. The molecule has 1 heterocycles. The minimum absolute atomic E-state index is 0.0266. The summed E-state index contributed by atoms with van der Waals surface area (Å²) in [7, 11) is 0. The number of nitrogens with two attached hydrogens (primary N) is 1. The lowest BCUT2D eigenvalue weighted by molar-refractivity contribution is -0.133. The van der Waals surface area contributed by atoms with E-state index in [0.29, 0.717) is 25.9 Å². The number of hydrogen-bond acceptors (Lipinski definition) is 3. The van der Waals surface area contributed by atoms with Crippen molar-refractivity contribution < 1.29 is 14.4 Å². The van der Waals surface area contributed by atoms with E-state index in [-0.39, 0.29) is 17.7 Å². The highest BCUT2D eigenvalue weighted by Gasteiger charge is 2.28. The summed E-state index contributed by atoms with van der Waals surface area (Å²) >= 11 is 0. The fourth-order valence-electron chi connectivity index (χ4n) is 1.88. The van der Waals surface area contributed by atoms with E-state index in [2.05, 4.69) is 5.32 Å². The first-order valence-electron chi connectivity index (χ1n) is 5.61. The fourth-order valence-corrected chi connectivity index (χ4v) is 1.88. The van der Waals surface area contributed by atoms with Crippen molar-refractivity contribution in [3.8, 4) is 0 Å². The van der Waals surface area contributed by atoms with E-state index >= 15 is 0 Å². The van der Waals surface area contributed by atoms with Crippen LogP contribution in [0.3, 0.4) is 0 Å². The summed E-state index contributed by atoms with van der Waals surface area (Å²) in [6.45, 7) is 4.63. The zero-order valence-electron chi connectivity index (χ0n) is 10.2. The first-order chi connectivity index (χ1) is 7.91. The Kier molecular flexibility index (Phi) is 4.48. The molecule has 6 nitrogen and oxygen atoms in total. The monoisotopic (exact) mass is 240 g/mol. The van der Waals surface area contributed by atoms with Crippen molar-refractivity contribution in [1.29, 1.82) is 0 Å². The van der Waals surface area contributed by atoms with Crippen LogP contribution >= 0.6 is 0 Å². The van der Waals surface area contributed by atoms with Crippen LogP contribution in [0.25, 0.3) is 0 Å². The van der Waals surface area contributed by atoms with Gasteiger partial charge < -0.3 is 10.6 Å². The topological polar surface area (TPSA) is 92.5 Å². The molecule has 6 heteroatoms. The quantitative estimate of drug-likeness (QED) is 0.713. The minimum atomic E-state index is -0.828. The highest BCUT2D eigenvalue weighted by Crippen LogP contribution is 2.19. The van der Waals surface area contributed by atoms with Crippen molar-refractivity contribution in [2.45, 2.75) is 26.7 Å². The number of piperidine rings is 1.